The molecule has 42 heavy (non-hydrogen) atoms. The molecule has 17 atom stereocenters. The molecule has 10 rings (SSSR count). The van der Waals surface area contributed by atoms with Gasteiger partial charge < -0.3 is 23.7 Å². The molecule has 0 amide bonds. The molecule has 0 aromatic carbocycles. The monoisotopic (exact) mass is 592 g/mol. The summed E-state index contributed by atoms with van der Waals surface area (Å²) in [6.07, 6.45) is 7.67. The third kappa shape index (κ3) is 3.87. The molecule has 2 spiro atoms. The smallest absolute Gasteiger partial charge is 0.201 e. The number of fused-ring (bicyclic) bond motifs is 4. The number of rotatable bonds is 4. The number of hydrogen-bond donors (Lipinski definition) is 0. The fourth-order valence-electron chi connectivity index (χ4n) is 11.2. The Morgan fingerprint density at radius 1 is 0.643 bits per heavy atom. The standard InChI is InChI=1S/C33H52O9/c1-17-8-10-23-19(3)25(35-28-32(23)21(17)12-14-30(5,37-28)39-41-32)16-26(34-7)27-20(4)24-11-9-18(2)22-13-15-31(6)38-29(36-27)33(22,24)42-40-31/h17-29H,8-16H2,1-7H3/t17-,18-,19-,20-,21+,22+,23+,24+,25-,26+,27?,28-,29-,30-,31-,32-,33-/m1/s1. The van der Waals surface area contributed by atoms with Gasteiger partial charge in [-0.25, -0.2) is 19.6 Å². The van der Waals surface area contributed by atoms with Crippen LogP contribution in [0.5, 0.6) is 0 Å². The van der Waals surface area contributed by atoms with Crippen molar-refractivity contribution < 1.29 is 43.2 Å². The minimum Gasteiger partial charge on any atom is -0.379 e. The molecule has 0 N–H and O–H groups in total. The average molecular weight is 593 g/mol. The van der Waals surface area contributed by atoms with E-state index in [1.165, 1.54) is 12.8 Å². The summed E-state index contributed by atoms with van der Waals surface area (Å²) < 4.78 is 33.6. The van der Waals surface area contributed by atoms with E-state index >= 15 is 0 Å². The molecule has 10 fully saturated rings. The SMILES string of the molecule is CO[C@@H](C[C@H]1O[C@@H]2O[C@@]3(C)CC[C@H]4[C@H](C)CC[C@@H]([C@H]1C)[C@@]24OO3)C1O[C@@H]2O[C@@]3(C)CC[C@H]4[C@H](C)CC[C@@H]([C@H]1C)[C@@]24OO3. The topological polar surface area (TPSA) is 83.1 Å². The van der Waals surface area contributed by atoms with Crippen LogP contribution >= 0.6 is 0 Å². The van der Waals surface area contributed by atoms with Crippen molar-refractivity contribution in [2.45, 2.75) is 153 Å². The summed E-state index contributed by atoms with van der Waals surface area (Å²) in [5.74, 6) is 1.26. The first-order valence-electron chi connectivity index (χ1n) is 17.0. The summed E-state index contributed by atoms with van der Waals surface area (Å²) in [5, 5.41) is 0. The maximum absolute atomic E-state index is 6.99. The summed E-state index contributed by atoms with van der Waals surface area (Å²) in [7, 11) is 1.81. The third-order valence-electron chi connectivity index (χ3n) is 13.6. The molecule has 0 aromatic heterocycles. The first-order chi connectivity index (χ1) is 20.0. The molecule has 10 aliphatic rings. The lowest BCUT2D eigenvalue weighted by molar-refractivity contribution is -0.574. The summed E-state index contributed by atoms with van der Waals surface area (Å²) >= 11 is 0. The van der Waals surface area contributed by atoms with Crippen LogP contribution in [0, 0.1) is 47.3 Å². The van der Waals surface area contributed by atoms with Crippen molar-refractivity contribution in [3.05, 3.63) is 0 Å². The van der Waals surface area contributed by atoms with E-state index in [-0.39, 0.29) is 36.1 Å². The average Bonchev–Trinajstić information content (AvgIpc) is 3.34. The Morgan fingerprint density at radius 2 is 1.17 bits per heavy atom. The van der Waals surface area contributed by atoms with E-state index in [0.717, 1.165) is 44.9 Å². The van der Waals surface area contributed by atoms with Gasteiger partial charge in [-0.05, 0) is 87.9 Å². The minimum absolute atomic E-state index is 0.0504. The lowest BCUT2D eigenvalue weighted by Crippen LogP contribution is -2.72. The van der Waals surface area contributed by atoms with E-state index in [2.05, 4.69) is 27.7 Å². The van der Waals surface area contributed by atoms with Crippen LogP contribution in [0.2, 0.25) is 0 Å². The zero-order chi connectivity index (χ0) is 29.2. The molecule has 4 bridgehead atoms. The Hall–Kier alpha value is -0.360. The maximum Gasteiger partial charge on any atom is 0.201 e. The van der Waals surface area contributed by atoms with Gasteiger partial charge in [0.1, 0.15) is 0 Å². The maximum atomic E-state index is 6.99. The van der Waals surface area contributed by atoms with Crippen molar-refractivity contribution in [2.24, 2.45) is 47.3 Å². The molecule has 2 saturated carbocycles. The Morgan fingerprint density at radius 3 is 1.71 bits per heavy atom. The van der Waals surface area contributed by atoms with Crippen molar-refractivity contribution in [3.8, 4) is 0 Å². The van der Waals surface area contributed by atoms with Gasteiger partial charge in [0.15, 0.2) is 23.8 Å². The first kappa shape index (κ1) is 29.1. The second kappa shape index (κ2) is 9.82. The molecule has 8 saturated heterocycles. The molecule has 9 heteroatoms. The Labute approximate surface area is 250 Å². The number of ether oxygens (including phenoxy) is 5. The Bertz CT molecular complexity index is 1060. The van der Waals surface area contributed by atoms with Crippen LogP contribution in [-0.4, -0.2) is 60.8 Å². The molecule has 1 unspecified atom stereocenters. The fraction of sp³-hybridized carbons (Fsp3) is 1.00. The van der Waals surface area contributed by atoms with E-state index in [4.69, 9.17) is 43.2 Å². The largest absolute Gasteiger partial charge is 0.379 e. The van der Waals surface area contributed by atoms with Gasteiger partial charge in [0, 0.05) is 38.2 Å². The first-order valence-corrected chi connectivity index (χ1v) is 17.0. The molecule has 238 valence electrons. The highest BCUT2D eigenvalue weighted by atomic mass is 17.3. The number of hydrogen-bond acceptors (Lipinski definition) is 9. The lowest BCUT2D eigenvalue weighted by Gasteiger charge is -2.62. The minimum atomic E-state index is -0.788. The Balaban J connectivity index is 1.08. The highest BCUT2D eigenvalue weighted by Crippen LogP contribution is 2.63. The fourth-order valence-corrected chi connectivity index (χ4v) is 11.2. The molecule has 0 radical (unpaired) electrons. The van der Waals surface area contributed by atoms with Gasteiger partial charge in [-0.1, -0.05) is 27.7 Å². The van der Waals surface area contributed by atoms with Crippen LogP contribution in [0.15, 0.2) is 0 Å². The predicted molar refractivity (Wildman–Crippen MR) is 149 cm³/mol. The summed E-state index contributed by atoms with van der Waals surface area (Å²) in [5.41, 5.74) is -1.13. The number of methoxy groups -OCH3 is 1. The van der Waals surface area contributed by atoms with Crippen molar-refractivity contribution in [3.63, 3.8) is 0 Å². The van der Waals surface area contributed by atoms with E-state index in [1.54, 1.807) is 0 Å². The van der Waals surface area contributed by atoms with Gasteiger partial charge in [0.05, 0.1) is 18.3 Å². The quantitative estimate of drug-likeness (QED) is 0.371. The molecule has 2 aliphatic carbocycles. The van der Waals surface area contributed by atoms with Crippen LogP contribution in [0.4, 0.5) is 0 Å². The third-order valence-corrected chi connectivity index (χ3v) is 13.6. The normalized spacial score (nSPS) is 60.6. The van der Waals surface area contributed by atoms with Crippen molar-refractivity contribution >= 4 is 0 Å². The molecular weight excluding hydrogens is 540 g/mol. The van der Waals surface area contributed by atoms with Crippen molar-refractivity contribution in [1.82, 2.24) is 0 Å². The predicted octanol–water partition coefficient (Wildman–Crippen LogP) is 5.89. The second-order valence-electron chi connectivity index (χ2n) is 15.8. The van der Waals surface area contributed by atoms with E-state index in [0.29, 0.717) is 29.6 Å². The molecule has 8 aliphatic heterocycles. The van der Waals surface area contributed by atoms with Gasteiger partial charge >= 0.3 is 0 Å². The van der Waals surface area contributed by atoms with Gasteiger partial charge in [0.25, 0.3) is 0 Å². The zero-order valence-corrected chi connectivity index (χ0v) is 26.5. The van der Waals surface area contributed by atoms with E-state index in [9.17, 15) is 0 Å². The van der Waals surface area contributed by atoms with Gasteiger partial charge in [-0.3, -0.25) is 0 Å². The van der Waals surface area contributed by atoms with E-state index < -0.39 is 35.4 Å². The zero-order valence-electron chi connectivity index (χ0n) is 26.5. The lowest BCUT2D eigenvalue weighted by atomic mass is 9.56. The summed E-state index contributed by atoms with van der Waals surface area (Å²) in [6, 6.07) is 0. The second-order valence-corrected chi connectivity index (χ2v) is 15.8. The van der Waals surface area contributed by atoms with Crippen LogP contribution in [0.3, 0.4) is 0 Å². The van der Waals surface area contributed by atoms with Gasteiger partial charge in [-0.2, -0.15) is 0 Å². The van der Waals surface area contributed by atoms with Gasteiger partial charge in [-0.15, -0.1) is 0 Å². The van der Waals surface area contributed by atoms with Crippen LogP contribution in [0.25, 0.3) is 0 Å². The molecular formula is C33H52O9. The molecule has 0 aromatic rings. The van der Waals surface area contributed by atoms with Crippen molar-refractivity contribution in [2.75, 3.05) is 7.11 Å². The molecule has 8 heterocycles. The van der Waals surface area contributed by atoms with Crippen LogP contribution in [0.1, 0.15) is 99.3 Å². The Kier molecular flexibility index (Phi) is 6.80. The van der Waals surface area contributed by atoms with Gasteiger partial charge in [0.2, 0.25) is 11.6 Å². The van der Waals surface area contributed by atoms with Crippen LogP contribution < -0.4 is 0 Å². The highest BCUT2D eigenvalue weighted by molar-refractivity contribution is 5.12. The van der Waals surface area contributed by atoms with Crippen LogP contribution in [-0.2, 0) is 43.2 Å². The molecule has 9 nitrogen and oxygen atoms in total. The van der Waals surface area contributed by atoms with E-state index in [1.807, 2.05) is 21.0 Å². The summed E-state index contributed by atoms with van der Waals surface area (Å²) in [4.78, 5) is 24.8. The summed E-state index contributed by atoms with van der Waals surface area (Å²) in [6.45, 7) is 13.3. The van der Waals surface area contributed by atoms with Crippen molar-refractivity contribution in [1.29, 1.82) is 0 Å². The highest BCUT2D eigenvalue weighted by Gasteiger charge is 2.71.